The van der Waals surface area contributed by atoms with E-state index in [1.165, 1.54) is 0 Å². The van der Waals surface area contributed by atoms with Crippen LogP contribution >= 0.6 is 0 Å². The molecule has 0 fully saturated rings. The first-order chi connectivity index (χ1) is 7.61. The molecule has 0 aromatic heterocycles. The highest BCUT2D eigenvalue weighted by atomic mass is 16.5. The van der Waals surface area contributed by atoms with Gasteiger partial charge in [-0.2, -0.15) is 0 Å². The van der Waals surface area contributed by atoms with Gasteiger partial charge in [-0.1, -0.05) is 64.5 Å². The zero-order valence-corrected chi connectivity index (χ0v) is 10.6. The average molecular weight is 218 g/mol. The molecule has 0 aliphatic rings. The first-order valence-electron chi connectivity index (χ1n) is 5.20. The first-order valence-corrected chi connectivity index (χ1v) is 5.20. The van der Waals surface area contributed by atoms with Crippen LogP contribution < -0.4 is 0 Å². The summed E-state index contributed by atoms with van der Waals surface area (Å²) in [5, 5.41) is 0. The molecule has 0 atom stereocenters. The quantitative estimate of drug-likeness (QED) is 0.468. The van der Waals surface area contributed by atoms with Crippen LogP contribution in [0.2, 0.25) is 0 Å². The molecule has 0 saturated carbocycles. The normalized spacial score (nSPS) is 9.44. The first kappa shape index (κ1) is 16.7. The Morgan fingerprint density at radius 2 is 1.44 bits per heavy atom. The summed E-state index contributed by atoms with van der Waals surface area (Å²) in [6, 6.07) is 0. The van der Waals surface area contributed by atoms with E-state index in [2.05, 4.69) is 26.3 Å². The molecule has 0 radical (unpaired) electrons. The number of methoxy groups -OCH3 is 1. The van der Waals surface area contributed by atoms with E-state index in [1.54, 1.807) is 19.3 Å². The topological polar surface area (TPSA) is 9.23 Å². The molecule has 0 rings (SSSR count). The van der Waals surface area contributed by atoms with Crippen molar-refractivity contribution in [1.29, 1.82) is 0 Å². The fraction of sp³-hybridized carbons (Fsp3) is 0.200. The molecule has 0 saturated heterocycles. The molecule has 88 valence electrons. The zero-order chi connectivity index (χ0) is 13.0. The van der Waals surface area contributed by atoms with Gasteiger partial charge < -0.3 is 4.74 Å². The molecule has 1 nitrogen and oxygen atoms in total. The molecule has 1 heteroatoms. The summed E-state index contributed by atoms with van der Waals surface area (Å²) in [4.78, 5) is 0. The van der Waals surface area contributed by atoms with Crippen LogP contribution in [0.4, 0.5) is 0 Å². The summed E-state index contributed by atoms with van der Waals surface area (Å²) in [5.41, 5.74) is 1.66. The third-order valence-electron chi connectivity index (χ3n) is 1.58. The van der Waals surface area contributed by atoms with Gasteiger partial charge in [-0.05, 0) is 17.2 Å². The molecule has 0 N–H and O–H groups in total. The van der Waals surface area contributed by atoms with Crippen molar-refractivity contribution < 1.29 is 4.74 Å². The number of hydrogen-bond acceptors (Lipinski definition) is 1. The van der Waals surface area contributed by atoms with Gasteiger partial charge in [0, 0.05) is 0 Å². The van der Waals surface area contributed by atoms with Crippen molar-refractivity contribution in [1.82, 2.24) is 0 Å². The number of ether oxygens (including phenoxy) is 1. The summed E-state index contributed by atoms with van der Waals surface area (Å²) in [6.45, 7) is 18.9. The number of hydrogen-bond donors (Lipinski definition) is 0. The third kappa shape index (κ3) is 8.82. The van der Waals surface area contributed by atoms with Gasteiger partial charge in [0.15, 0.2) is 0 Å². The standard InChI is InChI=1S/C13H16O.C2H6/c1-6-7-8-11(2)12(3)9-10-13(4)14-5;1-2/h6-10H,1-4H2,5H3;1-2H3/b8-7-,10-9-;. The predicted octanol–water partition coefficient (Wildman–Crippen LogP) is 4.58. The lowest BCUT2D eigenvalue weighted by Crippen LogP contribution is -1.81. The van der Waals surface area contributed by atoms with Gasteiger partial charge in [-0.3, -0.25) is 0 Å². The largest absolute Gasteiger partial charge is 0.497 e. The molecule has 0 bridgehead atoms. The fourth-order valence-electron chi connectivity index (χ4n) is 0.660. The van der Waals surface area contributed by atoms with Crippen LogP contribution in [0, 0.1) is 0 Å². The molecule has 0 aliphatic carbocycles. The highest BCUT2D eigenvalue weighted by Gasteiger charge is 1.91. The Kier molecular flexibility index (Phi) is 11.8. The van der Waals surface area contributed by atoms with Gasteiger partial charge in [0.2, 0.25) is 0 Å². The van der Waals surface area contributed by atoms with Gasteiger partial charge in [0.1, 0.15) is 5.76 Å². The molecule has 0 unspecified atom stereocenters. The van der Waals surface area contributed by atoms with Crippen molar-refractivity contribution >= 4 is 0 Å². The lowest BCUT2D eigenvalue weighted by atomic mass is 10.1. The van der Waals surface area contributed by atoms with Crippen LogP contribution in [-0.2, 0) is 4.74 Å². The fourth-order valence-corrected chi connectivity index (χ4v) is 0.660. The van der Waals surface area contributed by atoms with Crippen molar-refractivity contribution in [2.45, 2.75) is 13.8 Å². The smallest absolute Gasteiger partial charge is 0.111 e. The summed E-state index contributed by atoms with van der Waals surface area (Å²) in [7, 11) is 1.57. The zero-order valence-electron chi connectivity index (χ0n) is 10.6. The van der Waals surface area contributed by atoms with E-state index in [1.807, 2.05) is 32.1 Å². The van der Waals surface area contributed by atoms with Crippen LogP contribution in [0.3, 0.4) is 0 Å². The molecule has 0 aromatic rings. The minimum Gasteiger partial charge on any atom is -0.497 e. The van der Waals surface area contributed by atoms with Crippen LogP contribution in [0.5, 0.6) is 0 Å². The predicted molar refractivity (Wildman–Crippen MR) is 74.3 cm³/mol. The van der Waals surface area contributed by atoms with Crippen molar-refractivity contribution in [2.75, 3.05) is 7.11 Å². The van der Waals surface area contributed by atoms with E-state index in [0.29, 0.717) is 5.76 Å². The summed E-state index contributed by atoms with van der Waals surface area (Å²) >= 11 is 0. The molecular formula is C15H22O. The van der Waals surface area contributed by atoms with Crippen molar-refractivity contribution in [2.24, 2.45) is 0 Å². The van der Waals surface area contributed by atoms with Gasteiger partial charge in [-0.15, -0.1) is 0 Å². The second-order valence-corrected chi connectivity index (χ2v) is 2.65. The van der Waals surface area contributed by atoms with Crippen LogP contribution in [0.15, 0.2) is 73.6 Å². The van der Waals surface area contributed by atoms with E-state index < -0.39 is 0 Å². The minimum atomic E-state index is 0.589. The second-order valence-electron chi connectivity index (χ2n) is 2.65. The van der Waals surface area contributed by atoms with E-state index in [4.69, 9.17) is 4.74 Å². The Morgan fingerprint density at radius 1 is 0.938 bits per heavy atom. The van der Waals surface area contributed by atoms with Gasteiger partial charge in [0.25, 0.3) is 0 Å². The highest BCUT2D eigenvalue weighted by Crippen LogP contribution is 2.09. The van der Waals surface area contributed by atoms with Crippen molar-refractivity contribution in [3.63, 3.8) is 0 Å². The van der Waals surface area contributed by atoms with Gasteiger partial charge >= 0.3 is 0 Å². The molecule has 0 spiro atoms. The minimum absolute atomic E-state index is 0.589. The molecule has 0 amide bonds. The second kappa shape index (κ2) is 11.3. The van der Waals surface area contributed by atoms with E-state index >= 15 is 0 Å². The van der Waals surface area contributed by atoms with Gasteiger partial charge in [0.05, 0.1) is 7.11 Å². The lowest BCUT2D eigenvalue weighted by molar-refractivity contribution is 0.309. The Balaban J connectivity index is 0. The molecule has 0 aliphatic heterocycles. The summed E-state index contributed by atoms with van der Waals surface area (Å²) < 4.78 is 4.88. The number of rotatable bonds is 6. The molecule has 16 heavy (non-hydrogen) atoms. The van der Waals surface area contributed by atoms with E-state index in [0.717, 1.165) is 11.1 Å². The molecule has 0 aromatic carbocycles. The Bertz CT molecular complexity index is 303. The average Bonchev–Trinajstić information content (AvgIpc) is 2.34. The van der Waals surface area contributed by atoms with Gasteiger partial charge in [-0.25, -0.2) is 0 Å². The van der Waals surface area contributed by atoms with E-state index in [9.17, 15) is 0 Å². The Hall–Kier alpha value is -1.76. The SMILES string of the molecule is C=C/C=C\C(=C)C(=C)/C=C\C(=C)OC.CC. The Morgan fingerprint density at radius 3 is 1.88 bits per heavy atom. The third-order valence-corrected chi connectivity index (χ3v) is 1.58. The molecular weight excluding hydrogens is 196 g/mol. The lowest BCUT2D eigenvalue weighted by Gasteiger charge is -1.99. The maximum absolute atomic E-state index is 4.88. The number of allylic oxidation sites excluding steroid dienone is 7. The van der Waals surface area contributed by atoms with Crippen LogP contribution in [0.1, 0.15) is 13.8 Å². The highest BCUT2D eigenvalue weighted by molar-refractivity contribution is 5.44. The maximum atomic E-state index is 4.88. The van der Waals surface area contributed by atoms with E-state index in [-0.39, 0.29) is 0 Å². The monoisotopic (exact) mass is 218 g/mol. The summed E-state index contributed by atoms with van der Waals surface area (Å²) in [5.74, 6) is 0.589. The molecule has 0 heterocycles. The van der Waals surface area contributed by atoms with Crippen LogP contribution in [0.25, 0.3) is 0 Å². The van der Waals surface area contributed by atoms with Crippen molar-refractivity contribution in [3.05, 3.63) is 73.6 Å². The van der Waals surface area contributed by atoms with Crippen molar-refractivity contribution in [3.8, 4) is 0 Å². The maximum Gasteiger partial charge on any atom is 0.111 e. The Labute approximate surface area is 99.8 Å². The summed E-state index contributed by atoms with van der Waals surface area (Å²) in [6.07, 6.45) is 8.90. The van der Waals surface area contributed by atoms with Crippen LogP contribution in [-0.4, -0.2) is 7.11 Å².